The van der Waals surface area contributed by atoms with Gasteiger partial charge in [-0.1, -0.05) is 45.4 Å². The summed E-state index contributed by atoms with van der Waals surface area (Å²) >= 11 is 1.97. The lowest BCUT2D eigenvalue weighted by atomic mass is 10.1. The van der Waals surface area contributed by atoms with E-state index in [9.17, 15) is 4.79 Å². The number of carboxylic acid groups (broad SMARTS) is 1. The van der Waals surface area contributed by atoms with E-state index in [1.807, 2.05) is 11.8 Å². The summed E-state index contributed by atoms with van der Waals surface area (Å²) in [6.07, 6.45) is 12.2. The number of unbranched alkanes of at least 4 members (excludes halogenated alkanes) is 6. The zero-order valence-corrected chi connectivity index (χ0v) is 12.6. The van der Waals surface area contributed by atoms with Gasteiger partial charge in [-0.3, -0.25) is 4.79 Å². The lowest BCUT2D eigenvalue weighted by molar-refractivity contribution is -0.138. The second-order valence-corrected chi connectivity index (χ2v) is 6.85. The van der Waals surface area contributed by atoms with E-state index in [0.717, 1.165) is 18.6 Å². The third-order valence-corrected chi connectivity index (χ3v) is 5.18. The highest BCUT2D eigenvalue weighted by Crippen LogP contribution is 2.51. The number of carboxylic acids is 1. The molecule has 1 rings (SSSR count). The van der Waals surface area contributed by atoms with Crippen LogP contribution in [0.15, 0.2) is 0 Å². The highest BCUT2D eigenvalue weighted by Gasteiger charge is 2.43. The average Bonchev–Trinajstić information content (AvgIpc) is 3.06. The Hall–Kier alpha value is -0.180. The van der Waals surface area contributed by atoms with Crippen molar-refractivity contribution in [1.29, 1.82) is 0 Å². The summed E-state index contributed by atoms with van der Waals surface area (Å²) < 4.78 is 0. The first-order valence-corrected chi connectivity index (χ1v) is 8.63. The Morgan fingerprint density at radius 1 is 1.11 bits per heavy atom. The van der Waals surface area contributed by atoms with E-state index in [0.29, 0.717) is 6.42 Å². The molecule has 0 atom stereocenters. The van der Waals surface area contributed by atoms with Gasteiger partial charge in [0.15, 0.2) is 0 Å². The highest BCUT2D eigenvalue weighted by atomic mass is 32.2. The zero-order valence-electron chi connectivity index (χ0n) is 11.7. The molecule has 0 saturated heterocycles. The molecule has 3 heteroatoms. The fraction of sp³-hybridized carbons (Fsp3) is 0.933. The molecule has 106 valence electrons. The maximum absolute atomic E-state index is 10.7. The lowest BCUT2D eigenvalue weighted by Crippen LogP contribution is -2.11. The van der Waals surface area contributed by atoms with Gasteiger partial charge in [0.05, 0.1) is 6.42 Å². The van der Waals surface area contributed by atoms with Crippen molar-refractivity contribution in [2.24, 2.45) is 5.41 Å². The maximum Gasteiger partial charge on any atom is 0.303 e. The number of carbonyl (C=O) groups is 1. The van der Waals surface area contributed by atoms with Gasteiger partial charge >= 0.3 is 5.97 Å². The first kappa shape index (κ1) is 15.9. The van der Waals surface area contributed by atoms with E-state index >= 15 is 0 Å². The van der Waals surface area contributed by atoms with Crippen LogP contribution in [0.5, 0.6) is 0 Å². The summed E-state index contributed by atoms with van der Waals surface area (Å²) in [6.45, 7) is 2.25. The molecule has 0 heterocycles. The van der Waals surface area contributed by atoms with E-state index in [-0.39, 0.29) is 5.41 Å². The summed E-state index contributed by atoms with van der Waals surface area (Å²) in [7, 11) is 0. The van der Waals surface area contributed by atoms with Crippen LogP contribution in [0.25, 0.3) is 0 Å². The van der Waals surface area contributed by atoms with Gasteiger partial charge in [-0.15, -0.1) is 0 Å². The SMILES string of the molecule is CCCCCCCCCSCC1(CC(=O)O)CC1. The molecule has 2 nitrogen and oxygen atoms in total. The van der Waals surface area contributed by atoms with Crippen molar-refractivity contribution in [3.63, 3.8) is 0 Å². The van der Waals surface area contributed by atoms with Gasteiger partial charge in [-0.25, -0.2) is 0 Å². The molecule has 1 fully saturated rings. The normalized spacial score (nSPS) is 16.7. The Labute approximate surface area is 116 Å². The van der Waals surface area contributed by atoms with Crippen LogP contribution in [-0.4, -0.2) is 22.6 Å². The quantitative estimate of drug-likeness (QED) is 0.522. The first-order chi connectivity index (χ1) is 8.68. The van der Waals surface area contributed by atoms with Crippen LogP contribution < -0.4 is 0 Å². The molecule has 1 saturated carbocycles. The van der Waals surface area contributed by atoms with Crippen molar-refractivity contribution in [1.82, 2.24) is 0 Å². The molecule has 1 aliphatic carbocycles. The zero-order chi connectivity index (χ0) is 13.3. The fourth-order valence-electron chi connectivity index (χ4n) is 2.32. The predicted molar refractivity (Wildman–Crippen MR) is 79.2 cm³/mol. The second kappa shape index (κ2) is 8.84. The number of aliphatic carboxylic acids is 1. The van der Waals surface area contributed by atoms with Crippen molar-refractivity contribution >= 4 is 17.7 Å². The van der Waals surface area contributed by atoms with Gasteiger partial charge in [-0.05, 0) is 36.2 Å². The number of rotatable bonds is 12. The molecule has 0 aliphatic heterocycles. The Morgan fingerprint density at radius 3 is 2.28 bits per heavy atom. The highest BCUT2D eigenvalue weighted by molar-refractivity contribution is 7.99. The van der Waals surface area contributed by atoms with Crippen LogP contribution in [0, 0.1) is 5.41 Å². The molecule has 18 heavy (non-hydrogen) atoms. The largest absolute Gasteiger partial charge is 0.481 e. The van der Waals surface area contributed by atoms with Crippen molar-refractivity contribution in [2.75, 3.05) is 11.5 Å². The molecule has 0 unspecified atom stereocenters. The van der Waals surface area contributed by atoms with Gasteiger partial charge in [0.2, 0.25) is 0 Å². The average molecular weight is 272 g/mol. The molecule has 1 aliphatic rings. The van der Waals surface area contributed by atoms with Gasteiger partial charge < -0.3 is 5.11 Å². The molecule has 0 bridgehead atoms. The standard InChI is InChI=1S/C15H28O2S/c1-2-3-4-5-6-7-8-11-18-13-15(9-10-15)12-14(16)17/h2-13H2,1H3,(H,16,17). The summed E-state index contributed by atoms with van der Waals surface area (Å²) in [5, 5.41) is 8.82. The second-order valence-electron chi connectivity index (χ2n) is 5.74. The molecule has 0 aromatic carbocycles. The molecule has 0 spiro atoms. The first-order valence-electron chi connectivity index (χ1n) is 7.48. The summed E-state index contributed by atoms with van der Waals surface area (Å²) in [6, 6.07) is 0. The van der Waals surface area contributed by atoms with E-state index < -0.39 is 5.97 Å². The Kier molecular flexibility index (Phi) is 7.80. The van der Waals surface area contributed by atoms with Crippen LogP contribution in [-0.2, 0) is 4.79 Å². The van der Waals surface area contributed by atoms with Crippen molar-refractivity contribution in [3.05, 3.63) is 0 Å². The van der Waals surface area contributed by atoms with E-state index in [2.05, 4.69) is 6.92 Å². The molecule has 0 radical (unpaired) electrons. The molecule has 0 aromatic heterocycles. The van der Waals surface area contributed by atoms with E-state index in [1.54, 1.807) is 0 Å². The van der Waals surface area contributed by atoms with Crippen LogP contribution in [0.4, 0.5) is 0 Å². The Bertz CT molecular complexity index is 237. The van der Waals surface area contributed by atoms with Crippen LogP contribution >= 0.6 is 11.8 Å². The minimum absolute atomic E-state index is 0.178. The van der Waals surface area contributed by atoms with Gasteiger partial charge in [0.1, 0.15) is 0 Å². The van der Waals surface area contributed by atoms with Crippen LogP contribution in [0.2, 0.25) is 0 Å². The Balaban J connectivity index is 1.85. The fourth-order valence-corrected chi connectivity index (χ4v) is 3.70. The third kappa shape index (κ3) is 7.30. The van der Waals surface area contributed by atoms with E-state index in [1.165, 1.54) is 50.7 Å². The monoisotopic (exact) mass is 272 g/mol. The van der Waals surface area contributed by atoms with Crippen molar-refractivity contribution in [2.45, 2.75) is 71.1 Å². The topological polar surface area (TPSA) is 37.3 Å². The minimum atomic E-state index is -0.621. The number of hydrogen-bond acceptors (Lipinski definition) is 2. The minimum Gasteiger partial charge on any atom is -0.481 e. The number of hydrogen-bond donors (Lipinski definition) is 1. The molecule has 0 aromatic rings. The summed E-state index contributed by atoms with van der Waals surface area (Å²) in [4.78, 5) is 10.7. The molecule has 1 N–H and O–H groups in total. The lowest BCUT2D eigenvalue weighted by Gasteiger charge is -2.11. The third-order valence-electron chi connectivity index (χ3n) is 3.78. The number of thioether (sulfide) groups is 1. The van der Waals surface area contributed by atoms with Gasteiger partial charge in [-0.2, -0.15) is 11.8 Å². The predicted octanol–water partition coefficient (Wildman–Crippen LogP) is 4.73. The van der Waals surface area contributed by atoms with E-state index in [4.69, 9.17) is 5.11 Å². The summed E-state index contributed by atoms with van der Waals surface area (Å²) in [5.74, 6) is 1.66. The van der Waals surface area contributed by atoms with Crippen LogP contribution in [0.3, 0.4) is 0 Å². The molecule has 0 amide bonds. The van der Waals surface area contributed by atoms with Crippen molar-refractivity contribution < 1.29 is 9.90 Å². The smallest absolute Gasteiger partial charge is 0.303 e. The van der Waals surface area contributed by atoms with Gasteiger partial charge in [0.25, 0.3) is 0 Å². The summed E-state index contributed by atoms with van der Waals surface area (Å²) in [5.41, 5.74) is 0.178. The Morgan fingerprint density at radius 2 is 1.72 bits per heavy atom. The van der Waals surface area contributed by atoms with Crippen LogP contribution in [0.1, 0.15) is 71.1 Å². The van der Waals surface area contributed by atoms with Gasteiger partial charge in [0, 0.05) is 0 Å². The molecular formula is C15H28O2S. The maximum atomic E-state index is 10.7. The van der Waals surface area contributed by atoms with Crippen molar-refractivity contribution in [3.8, 4) is 0 Å². The molecular weight excluding hydrogens is 244 g/mol.